The maximum atomic E-state index is 12.6. The van der Waals surface area contributed by atoms with Crippen LogP contribution in [-0.2, 0) is 6.54 Å². The highest BCUT2D eigenvalue weighted by Crippen LogP contribution is 2.14. The molecule has 2 rings (SSSR count). The molecule has 0 aliphatic rings. The summed E-state index contributed by atoms with van der Waals surface area (Å²) in [6, 6.07) is 6.99. The minimum atomic E-state index is -0.609. The Labute approximate surface area is 147 Å². The molecule has 6 heteroatoms. The van der Waals surface area contributed by atoms with Crippen molar-refractivity contribution in [3.63, 3.8) is 0 Å². The Balaban J connectivity index is 2.37. The van der Waals surface area contributed by atoms with Gasteiger partial charge in [-0.15, -0.1) is 0 Å². The molecule has 2 N–H and O–H groups in total. The lowest BCUT2D eigenvalue weighted by Gasteiger charge is -2.18. The van der Waals surface area contributed by atoms with E-state index in [4.69, 9.17) is 0 Å². The van der Waals surface area contributed by atoms with Crippen LogP contribution in [0.3, 0.4) is 0 Å². The molecule has 6 nitrogen and oxygen atoms in total. The highest BCUT2D eigenvalue weighted by Gasteiger charge is 2.19. The van der Waals surface area contributed by atoms with Gasteiger partial charge in [0, 0.05) is 18.5 Å². The van der Waals surface area contributed by atoms with Gasteiger partial charge in [-0.25, -0.2) is 4.68 Å². The normalized spacial score (nSPS) is 13.8. The van der Waals surface area contributed by atoms with Crippen molar-refractivity contribution in [1.82, 2.24) is 15.1 Å². The fourth-order valence-corrected chi connectivity index (χ4v) is 2.63. The van der Waals surface area contributed by atoms with E-state index in [0.717, 1.165) is 6.42 Å². The summed E-state index contributed by atoms with van der Waals surface area (Å²) in [5, 5.41) is 18.1. The molecule has 1 aromatic carbocycles. The standard InChI is InChI=1S/C19H27N3O3/c1-5-13(4)16(23)10-20-18(24)17-14-8-6-7-9-15(14)19(25)22(21-17)11-12(2)3/h6-9,12-13,16,23H,5,10-11H2,1-4H3,(H,20,24). The summed E-state index contributed by atoms with van der Waals surface area (Å²) in [7, 11) is 0. The molecule has 0 bridgehead atoms. The molecule has 0 saturated carbocycles. The van der Waals surface area contributed by atoms with Gasteiger partial charge in [0.05, 0.1) is 11.5 Å². The summed E-state index contributed by atoms with van der Waals surface area (Å²) in [6.07, 6.45) is 0.221. The van der Waals surface area contributed by atoms with E-state index in [1.165, 1.54) is 4.68 Å². The zero-order valence-electron chi connectivity index (χ0n) is 15.3. The van der Waals surface area contributed by atoms with Crippen molar-refractivity contribution in [2.24, 2.45) is 11.8 Å². The lowest BCUT2D eigenvalue weighted by molar-refractivity contribution is 0.0845. The van der Waals surface area contributed by atoms with E-state index in [-0.39, 0.29) is 35.5 Å². The number of amides is 1. The number of nitrogens with zero attached hydrogens (tertiary/aromatic N) is 2. The van der Waals surface area contributed by atoms with Gasteiger partial charge in [0.2, 0.25) is 0 Å². The number of carbonyl (C=O) groups excluding carboxylic acids is 1. The molecule has 0 spiro atoms. The van der Waals surface area contributed by atoms with Crippen molar-refractivity contribution in [3.8, 4) is 0 Å². The first-order valence-corrected chi connectivity index (χ1v) is 8.81. The monoisotopic (exact) mass is 345 g/mol. The third kappa shape index (κ3) is 4.45. The second kappa shape index (κ2) is 8.25. The first-order chi connectivity index (χ1) is 11.8. The van der Waals surface area contributed by atoms with Gasteiger partial charge in [0.1, 0.15) is 0 Å². The van der Waals surface area contributed by atoms with Crippen molar-refractivity contribution in [2.45, 2.75) is 46.8 Å². The molecule has 25 heavy (non-hydrogen) atoms. The predicted molar refractivity (Wildman–Crippen MR) is 98.6 cm³/mol. The van der Waals surface area contributed by atoms with Crippen LogP contribution < -0.4 is 10.9 Å². The molecule has 2 unspecified atom stereocenters. The topological polar surface area (TPSA) is 84.2 Å². The molecular formula is C19H27N3O3. The van der Waals surface area contributed by atoms with E-state index in [9.17, 15) is 14.7 Å². The van der Waals surface area contributed by atoms with Crippen LogP contribution in [0.2, 0.25) is 0 Å². The van der Waals surface area contributed by atoms with E-state index in [1.807, 2.05) is 27.7 Å². The number of aliphatic hydroxyl groups excluding tert-OH is 1. The van der Waals surface area contributed by atoms with Gasteiger partial charge < -0.3 is 10.4 Å². The average molecular weight is 345 g/mol. The van der Waals surface area contributed by atoms with E-state index in [1.54, 1.807) is 24.3 Å². The van der Waals surface area contributed by atoms with Crippen LogP contribution in [0.4, 0.5) is 0 Å². The summed E-state index contributed by atoms with van der Waals surface area (Å²) in [6.45, 7) is 8.52. The number of aromatic nitrogens is 2. The minimum absolute atomic E-state index is 0.0971. The largest absolute Gasteiger partial charge is 0.391 e. The molecule has 1 heterocycles. The molecule has 0 saturated heterocycles. The quantitative estimate of drug-likeness (QED) is 0.806. The molecule has 0 radical (unpaired) electrons. The van der Waals surface area contributed by atoms with Crippen molar-refractivity contribution in [2.75, 3.05) is 6.54 Å². The number of hydrogen-bond acceptors (Lipinski definition) is 4. The second-order valence-electron chi connectivity index (χ2n) is 6.94. The van der Waals surface area contributed by atoms with Gasteiger partial charge in [0.25, 0.3) is 11.5 Å². The van der Waals surface area contributed by atoms with Gasteiger partial charge in [0.15, 0.2) is 5.69 Å². The number of nitrogens with one attached hydrogen (secondary N) is 1. The number of fused-ring (bicyclic) bond motifs is 1. The summed E-state index contributed by atoms with van der Waals surface area (Å²) >= 11 is 0. The molecule has 0 aliphatic carbocycles. The predicted octanol–water partition coefficient (Wildman–Crippen LogP) is 2.19. The van der Waals surface area contributed by atoms with Gasteiger partial charge >= 0.3 is 0 Å². The maximum absolute atomic E-state index is 12.6. The fourth-order valence-electron chi connectivity index (χ4n) is 2.63. The summed E-state index contributed by atoms with van der Waals surface area (Å²) in [5.74, 6) is -0.0505. The summed E-state index contributed by atoms with van der Waals surface area (Å²) < 4.78 is 1.35. The number of benzene rings is 1. The highest BCUT2D eigenvalue weighted by molar-refractivity contribution is 6.04. The molecule has 2 atom stereocenters. The van der Waals surface area contributed by atoms with Crippen LogP contribution in [0, 0.1) is 11.8 Å². The number of carbonyl (C=O) groups is 1. The molecule has 2 aromatic rings. The summed E-state index contributed by atoms with van der Waals surface area (Å²) in [4.78, 5) is 25.2. The molecule has 136 valence electrons. The Bertz CT molecular complexity index is 798. The zero-order valence-corrected chi connectivity index (χ0v) is 15.3. The van der Waals surface area contributed by atoms with E-state index < -0.39 is 6.10 Å². The van der Waals surface area contributed by atoms with E-state index >= 15 is 0 Å². The summed E-state index contributed by atoms with van der Waals surface area (Å²) in [5.41, 5.74) is 0.0210. The minimum Gasteiger partial charge on any atom is -0.391 e. The third-order valence-electron chi connectivity index (χ3n) is 4.39. The van der Waals surface area contributed by atoms with Crippen LogP contribution in [-0.4, -0.2) is 33.4 Å². The van der Waals surface area contributed by atoms with Crippen molar-refractivity contribution in [3.05, 3.63) is 40.3 Å². The van der Waals surface area contributed by atoms with Gasteiger partial charge in [-0.1, -0.05) is 52.3 Å². The zero-order chi connectivity index (χ0) is 18.6. The molecule has 1 amide bonds. The Hall–Kier alpha value is -2.21. The molecule has 1 aromatic heterocycles. The smallest absolute Gasteiger partial charge is 0.274 e. The van der Waals surface area contributed by atoms with Gasteiger partial charge in [-0.2, -0.15) is 5.10 Å². The van der Waals surface area contributed by atoms with E-state index in [0.29, 0.717) is 17.3 Å². The SMILES string of the molecule is CCC(C)C(O)CNC(=O)c1nn(CC(C)C)c(=O)c2ccccc12. The van der Waals surface area contributed by atoms with Crippen molar-refractivity contribution >= 4 is 16.7 Å². The third-order valence-corrected chi connectivity index (χ3v) is 4.39. The van der Waals surface area contributed by atoms with Crippen LogP contribution >= 0.6 is 0 Å². The fraction of sp³-hybridized carbons (Fsp3) is 0.526. The van der Waals surface area contributed by atoms with Crippen molar-refractivity contribution < 1.29 is 9.90 Å². The van der Waals surface area contributed by atoms with Crippen LogP contribution in [0.15, 0.2) is 29.1 Å². The Morgan fingerprint density at radius 1 is 1.24 bits per heavy atom. The number of rotatable bonds is 7. The molecule has 0 aliphatic heterocycles. The Morgan fingerprint density at radius 3 is 2.48 bits per heavy atom. The van der Waals surface area contributed by atoms with Crippen molar-refractivity contribution in [1.29, 1.82) is 0 Å². The van der Waals surface area contributed by atoms with Crippen LogP contribution in [0.1, 0.15) is 44.6 Å². The number of hydrogen-bond donors (Lipinski definition) is 2. The average Bonchev–Trinajstić information content (AvgIpc) is 2.60. The molecular weight excluding hydrogens is 318 g/mol. The lowest BCUT2D eigenvalue weighted by atomic mass is 10.0. The van der Waals surface area contributed by atoms with Crippen LogP contribution in [0.5, 0.6) is 0 Å². The van der Waals surface area contributed by atoms with Gasteiger partial charge in [-0.3, -0.25) is 9.59 Å². The first-order valence-electron chi connectivity index (χ1n) is 8.81. The molecule has 0 fully saturated rings. The number of aliphatic hydroxyl groups is 1. The van der Waals surface area contributed by atoms with Crippen LogP contribution in [0.25, 0.3) is 10.8 Å². The second-order valence-corrected chi connectivity index (χ2v) is 6.94. The Kier molecular flexibility index (Phi) is 6.31. The lowest BCUT2D eigenvalue weighted by Crippen LogP contribution is -2.37. The highest BCUT2D eigenvalue weighted by atomic mass is 16.3. The first kappa shape index (κ1) is 19.1. The van der Waals surface area contributed by atoms with Gasteiger partial charge in [-0.05, 0) is 17.9 Å². The maximum Gasteiger partial charge on any atom is 0.274 e. The Morgan fingerprint density at radius 2 is 1.88 bits per heavy atom. The van der Waals surface area contributed by atoms with E-state index in [2.05, 4.69) is 10.4 Å².